The van der Waals surface area contributed by atoms with Crippen LogP contribution in [0.4, 0.5) is 5.69 Å². The Morgan fingerprint density at radius 3 is 2.52 bits per heavy atom. The largest absolute Gasteiger partial charge is 0.327 e. The molecule has 3 N–H and O–H groups in total. The molecule has 2 aliphatic rings. The van der Waals surface area contributed by atoms with Crippen molar-refractivity contribution in [2.45, 2.75) is 56.6 Å². The maximum Gasteiger partial charge on any atom is 0.229 e. The zero-order chi connectivity index (χ0) is 18.4. The van der Waals surface area contributed by atoms with Gasteiger partial charge in [-0.1, -0.05) is 12.1 Å². The lowest BCUT2D eigenvalue weighted by Crippen LogP contribution is -2.42. The van der Waals surface area contributed by atoms with Crippen LogP contribution in [0.1, 0.15) is 45.6 Å². The molecule has 1 amide bonds. The second-order valence-electron chi connectivity index (χ2n) is 8.50. The van der Waals surface area contributed by atoms with E-state index < -0.39 is 14.6 Å². The van der Waals surface area contributed by atoms with Gasteiger partial charge in [0.25, 0.3) is 0 Å². The summed E-state index contributed by atoms with van der Waals surface area (Å²) in [6, 6.07) is 7.05. The summed E-state index contributed by atoms with van der Waals surface area (Å²) in [6.07, 6.45) is 3.28. The maximum atomic E-state index is 12.7. The number of anilines is 1. The summed E-state index contributed by atoms with van der Waals surface area (Å²) in [4.78, 5) is 12.7. The Morgan fingerprint density at radius 1 is 1.24 bits per heavy atom. The van der Waals surface area contributed by atoms with E-state index in [0.717, 1.165) is 19.3 Å². The minimum atomic E-state index is -3.26. The average Bonchev–Trinajstić information content (AvgIpc) is 3.06. The van der Waals surface area contributed by atoms with Gasteiger partial charge in [-0.05, 0) is 69.6 Å². The van der Waals surface area contributed by atoms with Gasteiger partial charge >= 0.3 is 0 Å². The first-order valence-corrected chi connectivity index (χ1v) is 10.6. The molecule has 5 nitrogen and oxygen atoms in total. The summed E-state index contributed by atoms with van der Waals surface area (Å²) in [5.41, 5.74) is 7.57. The van der Waals surface area contributed by atoms with Crippen molar-refractivity contribution in [1.29, 1.82) is 0 Å². The SMILES string of the molecule is CC(C)(C)S(=O)(=O)Cc1cccc(NC(=O)C2C3CCC(C3)C2N)c1. The standard InChI is InChI=1S/C19H28N2O3S/c1-19(2,3)25(23,24)11-12-5-4-6-15(9-12)21-18(22)16-13-7-8-14(10-13)17(16)20/h4-6,9,13-14,16-17H,7-8,10-11,20H2,1-3H3,(H,21,22). The Morgan fingerprint density at radius 2 is 1.92 bits per heavy atom. The highest BCUT2D eigenvalue weighted by atomic mass is 32.2. The molecule has 0 aromatic heterocycles. The first kappa shape index (κ1) is 18.4. The summed E-state index contributed by atoms with van der Waals surface area (Å²) in [7, 11) is -3.26. The minimum absolute atomic E-state index is 0.0319. The molecule has 0 spiro atoms. The van der Waals surface area contributed by atoms with Gasteiger partial charge in [0.15, 0.2) is 9.84 Å². The lowest BCUT2D eigenvalue weighted by molar-refractivity contribution is -0.121. The van der Waals surface area contributed by atoms with Crippen LogP contribution in [0.15, 0.2) is 24.3 Å². The molecule has 138 valence electrons. The van der Waals surface area contributed by atoms with Gasteiger partial charge in [0.2, 0.25) is 5.91 Å². The Balaban J connectivity index is 1.71. The number of hydrogen-bond acceptors (Lipinski definition) is 4. The Hall–Kier alpha value is -1.40. The number of nitrogens with one attached hydrogen (secondary N) is 1. The Kier molecular flexibility index (Phi) is 4.71. The molecule has 0 saturated heterocycles. The molecule has 0 heterocycles. The molecule has 3 rings (SSSR count). The van der Waals surface area contributed by atoms with E-state index in [4.69, 9.17) is 5.73 Å². The highest BCUT2D eigenvalue weighted by Crippen LogP contribution is 2.47. The summed E-state index contributed by atoms with van der Waals surface area (Å²) >= 11 is 0. The van der Waals surface area contributed by atoms with Crippen molar-refractivity contribution >= 4 is 21.4 Å². The molecule has 2 bridgehead atoms. The number of amides is 1. The van der Waals surface area contributed by atoms with Crippen LogP contribution in [-0.2, 0) is 20.4 Å². The van der Waals surface area contributed by atoms with Crippen molar-refractivity contribution in [2.75, 3.05) is 5.32 Å². The van der Waals surface area contributed by atoms with Gasteiger partial charge in [0.05, 0.1) is 16.4 Å². The smallest absolute Gasteiger partial charge is 0.229 e. The fraction of sp³-hybridized carbons (Fsp3) is 0.632. The third-order valence-corrected chi connectivity index (χ3v) is 8.35. The van der Waals surface area contributed by atoms with Crippen molar-refractivity contribution in [2.24, 2.45) is 23.5 Å². The normalized spacial score (nSPS) is 29.0. The predicted molar refractivity (Wildman–Crippen MR) is 99.7 cm³/mol. The fourth-order valence-electron chi connectivity index (χ4n) is 4.13. The van der Waals surface area contributed by atoms with E-state index in [1.165, 1.54) is 0 Å². The fourth-order valence-corrected chi connectivity index (χ4v) is 5.18. The number of nitrogens with two attached hydrogens (primary N) is 1. The molecule has 4 unspecified atom stereocenters. The van der Waals surface area contributed by atoms with Crippen LogP contribution < -0.4 is 11.1 Å². The summed E-state index contributed by atoms with van der Waals surface area (Å²) < 4.78 is 24.0. The van der Waals surface area contributed by atoms with E-state index in [1.54, 1.807) is 45.0 Å². The molecule has 0 aliphatic heterocycles. The van der Waals surface area contributed by atoms with Crippen molar-refractivity contribution in [3.05, 3.63) is 29.8 Å². The quantitative estimate of drug-likeness (QED) is 0.860. The van der Waals surface area contributed by atoms with Gasteiger partial charge in [-0.3, -0.25) is 4.79 Å². The molecule has 4 atom stereocenters. The third kappa shape index (κ3) is 3.60. The molecule has 1 aromatic rings. The van der Waals surface area contributed by atoms with Gasteiger partial charge in [0, 0.05) is 11.7 Å². The zero-order valence-corrected chi connectivity index (χ0v) is 16.0. The molecule has 2 saturated carbocycles. The van der Waals surface area contributed by atoms with Crippen LogP contribution >= 0.6 is 0 Å². The molecule has 2 aliphatic carbocycles. The van der Waals surface area contributed by atoms with Crippen LogP contribution in [0.25, 0.3) is 0 Å². The predicted octanol–water partition coefficient (Wildman–Crippen LogP) is 2.71. The van der Waals surface area contributed by atoms with Gasteiger partial charge < -0.3 is 11.1 Å². The van der Waals surface area contributed by atoms with Crippen LogP contribution in [-0.4, -0.2) is 25.1 Å². The van der Waals surface area contributed by atoms with Gasteiger partial charge in [-0.25, -0.2) is 8.42 Å². The minimum Gasteiger partial charge on any atom is -0.327 e. The summed E-state index contributed by atoms with van der Waals surface area (Å²) in [6.45, 7) is 5.10. The number of sulfone groups is 1. The number of rotatable bonds is 4. The van der Waals surface area contributed by atoms with Crippen molar-refractivity contribution < 1.29 is 13.2 Å². The number of benzene rings is 1. The zero-order valence-electron chi connectivity index (χ0n) is 15.2. The van der Waals surface area contributed by atoms with Crippen molar-refractivity contribution in [1.82, 2.24) is 0 Å². The molecule has 25 heavy (non-hydrogen) atoms. The third-order valence-electron chi connectivity index (χ3n) is 5.77. The summed E-state index contributed by atoms with van der Waals surface area (Å²) in [5.74, 6) is 0.679. The molecular formula is C19H28N2O3S. The van der Waals surface area contributed by atoms with E-state index in [0.29, 0.717) is 23.1 Å². The topological polar surface area (TPSA) is 89.3 Å². The molecular weight excluding hydrogens is 336 g/mol. The van der Waals surface area contributed by atoms with Crippen molar-refractivity contribution in [3.8, 4) is 0 Å². The van der Waals surface area contributed by atoms with Crippen molar-refractivity contribution in [3.63, 3.8) is 0 Å². The summed E-state index contributed by atoms with van der Waals surface area (Å²) in [5, 5.41) is 2.95. The van der Waals surface area contributed by atoms with Crippen LogP contribution in [0.5, 0.6) is 0 Å². The van der Waals surface area contributed by atoms with Crippen LogP contribution in [0.3, 0.4) is 0 Å². The second kappa shape index (κ2) is 6.40. The molecule has 6 heteroatoms. The highest BCUT2D eigenvalue weighted by molar-refractivity contribution is 7.91. The molecule has 0 radical (unpaired) electrons. The molecule has 2 fully saturated rings. The Bertz CT molecular complexity index is 765. The monoisotopic (exact) mass is 364 g/mol. The van der Waals surface area contributed by atoms with Crippen LogP contribution in [0.2, 0.25) is 0 Å². The second-order valence-corrected chi connectivity index (χ2v) is 11.2. The van der Waals surface area contributed by atoms with Gasteiger partial charge in [0.1, 0.15) is 0 Å². The average molecular weight is 365 g/mol. The number of hydrogen-bond donors (Lipinski definition) is 2. The first-order chi connectivity index (χ1) is 11.6. The van der Waals surface area contributed by atoms with Crippen LogP contribution in [0, 0.1) is 17.8 Å². The van der Waals surface area contributed by atoms with E-state index in [1.807, 2.05) is 0 Å². The lowest BCUT2D eigenvalue weighted by atomic mass is 9.84. The Labute approximate surface area is 150 Å². The lowest BCUT2D eigenvalue weighted by Gasteiger charge is -2.27. The van der Waals surface area contributed by atoms with E-state index in [9.17, 15) is 13.2 Å². The van der Waals surface area contributed by atoms with E-state index >= 15 is 0 Å². The first-order valence-electron chi connectivity index (χ1n) is 8.96. The van der Waals surface area contributed by atoms with E-state index in [-0.39, 0.29) is 23.6 Å². The highest BCUT2D eigenvalue weighted by Gasteiger charge is 2.49. The van der Waals surface area contributed by atoms with Gasteiger partial charge in [-0.2, -0.15) is 0 Å². The number of carbonyl (C=O) groups excluding carboxylic acids is 1. The number of fused-ring (bicyclic) bond motifs is 2. The maximum absolute atomic E-state index is 12.7. The molecule has 1 aromatic carbocycles. The van der Waals surface area contributed by atoms with Gasteiger partial charge in [-0.15, -0.1) is 0 Å². The van der Waals surface area contributed by atoms with E-state index in [2.05, 4.69) is 5.32 Å². The number of carbonyl (C=O) groups is 1.